The van der Waals surface area contributed by atoms with Crippen molar-refractivity contribution in [3.63, 3.8) is 0 Å². The van der Waals surface area contributed by atoms with E-state index in [1.54, 1.807) is 6.33 Å². The molecule has 2 aromatic heterocycles. The molecule has 0 bridgehead atoms. The Kier molecular flexibility index (Phi) is 2.92. The van der Waals surface area contributed by atoms with Gasteiger partial charge in [0.05, 0.1) is 5.69 Å². The Morgan fingerprint density at radius 2 is 1.76 bits per heavy atom. The van der Waals surface area contributed by atoms with Crippen molar-refractivity contribution in [1.29, 1.82) is 0 Å². The van der Waals surface area contributed by atoms with Crippen molar-refractivity contribution in [3.8, 4) is 5.82 Å². The first kappa shape index (κ1) is 12.8. The Morgan fingerprint density at radius 1 is 1.05 bits per heavy atom. The fraction of sp³-hybridized carbons (Fsp3) is 0.533. The van der Waals surface area contributed by atoms with Crippen molar-refractivity contribution in [2.75, 3.05) is 31.1 Å². The maximum absolute atomic E-state index is 4.50. The quantitative estimate of drug-likeness (QED) is 0.889. The van der Waals surface area contributed by atoms with Crippen LogP contribution < -0.4 is 10.2 Å². The highest BCUT2D eigenvalue weighted by Crippen LogP contribution is 2.29. The van der Waals surface area contributed by atoms with Crippen molar-refractivity contribution in [3.05, 3.63) is 29.8 Å². The molecule has 2 aromatic rings. The number of aryl methyl sites for hydroxylation is 2. The number of anilines is 1. The van der Waals surface area contributed by atoms with E-state index in [-0.39, 0.29) is 0 Å². The molecule has 6 nitrogen and oxygen atoms in total. The van der Waals surface area contributed by atoms with Crippen LogP contribution in [0.1, 0.15) is 11.4 Å². The van der Waals surface area contributed by atoms with Gasteiger partial charge in [0.1, 0.15) is 12.1 Å². The van der Waals surface area contributed by atoms with Gasteiger partial charge in [-0.25, -0.2) is 14.6 Å². The molecule has 2 aliphatic rings. The Labute approximate surface area is 124 Å². The molecule has 2 fully saturated rings. The van der Waals surface area contributed by atoms with Gasteiger partial charge in [-0.05, 0) is 31.7 Å². The SMILES string of the molecule is Cc1cc(C)n(-c2cc(N3CC4CNCC4C3)ncn2)n1. The van der Waals surface area contributed by atoms with Crippen molar-refractivity contribution in [2.24, 2.45) is 11.8 Å². The van der Waals surface area contributed by atoms with Crippen LogP contribution in [-0.4, -0.2) is 45.9 Å². The fourth-order valence-electron chi connectivity index (χ4n) is 3.53. The summed E-state index contributed by atoms with van der Waals surface area (Å²) >= 11 is 0. The van der Waals surface area contributed by atoms with E-state index in [4.69, 9.17) is 0 Å². The van der Waals surface area contributed by atoms with E-state index in [9.17, 15) is 0 Å². The maximum atomic E-state index is 4.50. The molecular formula is C15H20N6. The molecule has 0 radical (unpaired) electrons. The molecule has 4 heterocycles. The predicted octanol–water partition coefficient (Wildman–Crippen LogP) is 0.935. The van der Waals surface area contributed by atoms with Gasteiger partial charge >= 0.3 is 0 Å². The van der Waals surface area contributed by atoms with Crippen LogP contribution in [0.25, 0.3) is 5.82 Å². The van der Waals surface area contributed by atoms with Crippen LogP contribution in [0.2, 0.25) is 0 Å². The summed E-state index contributed by atoms with van der Waals surface area (Å²) in [5.41, 5.74) is 2.11. The number of fused-ring (bicyclic) bond motifs is 1. The molecule has 6 heteroatoms. The minimum absolute atomic E-state index is 0.761. The first-order valence-electron chi connectivity index (χ1n) is 7.52. The molecule has 110 valence electrons. The number of nitrogens with zero attached hydrogens (tertiary/aromatic N) is 5. The van der Waals surface area contributed by atoms with Crippen LogP contribution in [-0.2, 0) is 0 Å². The molecule has 0 spiro atoms. The van der Waals surface area contributed by atoms with E-state index < -0.39 is 0 Å². The number of hydrogen-bond acceptors (Lipinski definition) is 5. The smallest absolute Gasteiger partial charge is 0.159 e. The van der Waals surface area contributed by atoms with Crippen molar-refractivity contribution in [1.82, 2.24) is 25.1 Å². The third kappa shape index (κ3) is 2.19. The maximum Gasteiger partial charge on any atom is 0.159 e. The average Bonchev–Trinajstić information content (AvgIpc) is 3.13. The molecule has 2 atom stereocenters. The first-order chi connectivity index (χ1) is 10.2. The molecule has 21 heavy (non-hydrogen) atoms. The third-order valence-electron chi connectivity index (χ3n) is 4.58. The summed E-state index contributed by atoms with van der Waals surface area (Å²) in [5.74, 6) is 3.39. The van der Waals surface area contributed by atoms with Crippen LogP contribution in [0.5, 0.6) is 0 Å². The summed E-state index contributed by atoms with van der Waals surface area (Å²) < 4.78 is 1.89. The van der Waals surface area contributed by atoms with Gasteiger partial charge < -0.3 is 10.2 Å². The number of rotatable bonds is 2. The summed E-state index contributed by atoms with van der Waals surface area (Å²) in [6.07, 6.45) is 1.65. The molecule has 0 aromatic carbocycles. The van der Waals surface area contributed by atoms with E-state index in [0.717, 1.165) is 61.0 Å². The molecule has 4 rings (SSSR count). The second-order valence-electron chi connectivity index (χ2n) is 6.16. The second kappa shape index (κ2) is 4.80. The van der Waals surface area contributed by atoms with Gasteiger partial charge in [-0.1, -0.05) is 0 Å². The van der Waals surface area contributed by atoms with Gasteiger partial charge in [0.25, 0.3) is 0 Å². The van der Waals surface area contributed by atoms with Gasteiger partial charge in [0.15, 0.2) is 5.82 Å². The zero-order chi connectivity index (χ0) is 14.4. The first-order valence-corrected chi connectivity index (χ1v) is 7.52. The summed E-state index contributed by atoms with van der Waals surface area (Å²) in [5, 5.41) is 7.97. The van der Waals surface area contributed by atoms with E-state index in [1.165, 1.54) is 0 Å². The van der Waals surface area contributed by atoms with Gasteiger partial charge in [0.2, 0.25) is 0 Å². The average molecular weight is 284 g/mol. The number of hydrogen-bond donors (Lipinski definition) is 1. The predicted molar refractivity (Wildman–Crippen MR) is 80.7 cm³/mol. The lowest BCUT2D eigenvalue weighted by Crippen LogP contribution is -2.26. The van der Waals surface area contributed by atoms with Crippen LogP contribution in [0.3, 0.4) is 0 Å². The van der Waals surface area contributed by atoms with E-state index in [1.807, 2.05) is 24.6 Å². The Hall–Kier alpha value is -1.95. The molecule has 2 unspecified atom stereocenters. The topological polar surface area (TPSA) is 58.9 Å². The molecule has 0 amide bonds. The monoisotopic (exact) mass is 284 g/mol. The van der Waals surface area contributed by atoms with Gasteiger partial charge in [0, 0.05) is 37.9 Å². The van der Waals surface area contributed by atoms with Gasteiger partial charge in [-0.3, -0.25) is 0 Å². The second-order valence-corrected chi connectivity index (χ2v) is 6.16. The van der Waals surface area contributed by atoms with Crippen LogP contribution >= 0.6 is 0 Å². The van der Waals surface area contributed by atoms with Crippen LogP contribution in [0, 0.1) is 25.7 Å². The lowest BCUT2D eigenvalue weighted by molar-refractivity contribution is 0.533. The Morgan fingerprint density at radius 3 is 2.43 bits per heavy atom. The molecule has 0 aliphatic carbocycles. The van der Waals surface area contributed by atoms with Gasteiger partial charge in [-0.15, -0.1) is 0 Å². The highest BCUT2D eigenvalue weighted by atomic mass is 15.3. The van der Waals surface area contributed by atoms with Crippen molar-refractivity contribution in [2.45, 2.75) is 13.8 Å². The minimum atomic E-state index is 0.761. The minimum Gasteiger partial charge on any atom is -0.356 e. The van der Waals surface area contributed by atoms with E-state index in [2.05, 4.69) is 31.3 Å². The van der Waals surface area contributed by atoms with Crippen molar-refractivity contribution >= 4 is 5.82 Å². The lowest BCUT2D eigenvalue weighted by atomic mass is 10.0. The normalized spacial score (nSPS) is 24.6. The highest BCUT2D eigenvalue weighted by molar-refractivity contribution is 5.45. The van der Waals surface area contributed by atoms with Crippen molar-refractivity contribution < 1.29 is 0 Å². The number of aromatic nitrogens is 4. The molecule has 2 saturated heterocycles. The standard InChI is InChI=1S/C15H20N6/c1-10-3-11(2)21(19-10)15-4-14(17-9-18-15)20-7-12-5-16-6-13(12)8-20/h3-4,9,12-13,16H,5-8H2,1-2H3. The molecule has 0 saturated carbocycles. The summed E-state index contributed by atoms with van der Waals surface area (Å²) in [7, 11) is 0. The molecule has 2 aliphatic heterocycles. The largest absolute Gasteiger partial charge is 0.356 e. The summed E-state index contributed by atoms with van der Waals surface area (Å²) in [6.45, 7) is 8.50. The van der Waals surface area contributed by atoms with Crippen LogP contribution in [0.4, 0.5) is 5.82 Å². The zero-order valence-corrected chi connectivity index (χ0v) is 12.5. The molecule has 1 N–H and O–H groups in total. The zero-order valence-electron chi connectivity index (χ0n) is 12.5. The fourth-order valence-corrected chi connectivity index (χ4v) is 3.53. The lowest BCUT2D eigenvalue weighted by Gasteiger charge is -2.18. The van der Waals surface area contributed by atoms with Gasteiger partial charge in [-0.2, -0.15) is 5.10 Å². The third-order valence-corrected chi connectivity index (χ3v) is 4.58. The highest BCUT2D eigenvalue weighted by Gasteiger charge is 2.36. The van der Waals surface area contributed by atoms with E-state index in [0.29, 0.717) is 0 Å². The van der Waals surface area contributed by atoms with Crippen LogP contribution in [0.15, 0.2) is 18.5 Å². The molecular weight excluding hydrogens is 264 g/mol. The summed E-state index contributed by atoms with van der Waals surface area (Å²) in [6, 6.07) is 4.11. The Balaban J connectivity index is 1.63. The summed E-state index contributed by atoms with van der Waals surface area (Å²) in [4.78, 5) is 11.2. The van der Waals surface area contributed by atoms with E-state index >= 15 is 0 Å². The number of nitrogens with one attached hydrogen (secondary N) is 1. The Bertz CT molecular complexity index is 652.